The molecule has 8 heteroatoms. The number of nitrogen functional groups attached to an aromatic ring is 1. The molecule has 3 N–H and O–H groups in total. The second-order valence-electron chi connectivity index (χ2n) is 4.33. The second kappa shape index (κ2) is 7.01. The monoisotopic (exact) mass is 365 g/mol. The predicted molar refractivity (Wildman–Crippen MR) is 83.2 cm³/mol. The highest BCUT2D eigenvalue weighted by atomic mass is 79.9. The summed E-state index contributed by atoms with van der Waals surface area (Å²) in [5.74, 6) is 5.21. The third-order valence-electron chi connectivity index (χ3n) is 2.87. The molecule has 0 unspecified atom stereocenters. The van der Waals surface area contributed by atoms with E-state index in [4.69, 9.17) is 10.6 Å². The first-order valence-corrected chi connectivity index (χ1v) is 6.97. The molecule has 0 radical (unpaired) electrons. The van der Waals surface area contributed by atoms with Gasteiger partial charge in [0.2, 0.25) is 0 Å². The molecule has 0 saturated heterocycles. The number of nitrogens with zero attached hydrogens (tertiary/aromatic N) is 1. The number of nitrogens with one attached hydrogen (secondary N) is 1. The van der Waals surface area contributed by atoms with Crippen molar-refractivity contribution in [3.63, 3.8) is 0 Å². The van der Waals surface area contributed by atoms with Gasteiger partial charge in [0.25, 0.3) is 11.6 Å². The maximum absolute atomic E-state index is 11.4. The quantitative estimate of drug-likeness (QED) is 0.366. The van der Waals surface area contributed by atoms with E-state index in [2.05, 4.69) is 15.9 Å². The predicted octanol–water partition coefficient (Wildman–Crippen LogP) is 2.54. The molecule has 0 spiro atoms. The van der Waals surface area contributed by atoms with Crippen molar-refractivity contribution in [2.75, 3.05) is 0 Å². The molecule has 2 aromatic carbocycles. The van der Waals surface area contributed by atoms with E-state index in [0.717, 1.165) is 5.56 Å². The Kier molecular flexibility index (Phi) is 5.08. The van der Waals surface area contributed by atoms with Crippen LogP contribution >= 0.6 is 15.9 Å². The second-order valence-corrected chi connectivity index (χ2v) is 5.19. The van der Waals surface area contributed by atoms with Gasteiger partial charge >= 0.3 is 0 Å². The number of nitrogens with two attached hydrogens (primary N) is 1. The molecule has 0 bridgehead atoms. The number of nitro groups is 1. The van der Waals surface area contributed by atoms with Gasteiger partial charge in [-0.1, -0.05) is 0 Å². The van der Waals surface area contributed by atoms with Gasteiger partial charge in [-0.05, 0) is 51.8 Å². The molecule has 0 aliphatic heterocycles. The number of benzene rings is 2. The Balaban J connectivity index is 2.05. The Morgan fingerprint density at radius 1 is 1.27 bits per heavy atom. The number of nitro benzene ring substituents is 1. The summed E-state index contributed by atoms with van der Waals surface area (Å²) in [6.45, 7) is 0.249. The lowest BCUT2D eigenvalue weighted by molar-refractivity contribution is -0.384. The number of halogens is 1. The van der Waals surface area contributed by atoms with Crippen molar-refractivity contribution in [2.24, 2.45) is 5.84 Å². The number of hydrazine groups is 1. The minimum absolute atomic E-state index is 0.0297. The maximum atomic E-state index is 11.4. The maximum Gasteiger partial charge on any atom is 0.269 e. The number of ether oxygens (including phenoxy) is 1. The Morgan fingerprint density at radius 3 is 2.50 bits per heavy atom. The van der Waals surface area contributed by atoms with Crippen molar-refractivity contribution in [3.05, 3.63) is 68.2 Å². The minimum atomic E-state index is -0.456. The Morgan fingerprint density at radius 2 is 1.95 bits per heavy atom. The molecular formula is C14H12BrN3O4. The van der Waals surface area contributed by atoms with Gasteiger partial charge < -0.3 is 4.74 Å². The lowest BCUT2D eigenvalue weighted by Crippen LogP contribution is -2.29. The van der Waals surface area contributed by atoms with E-state index >= 15 is 0 Å². The third kappa shape index (κ3) is 3.80. The van der Waals surface area contributed by atoms with Crippen LogP contribution in [0.4, 0.5) is 5.69 Å². The molecule has 7 nitrogen and oxygen atoms in total. The lowest BCUT2D eigenvalue weighted by atomic mass is 10.2. The van der Waals surface area contributed by atoms with Crippen LogP contribution in [0, 0.1) is 10.1 Å². The average molecular weight is 366 g/mol. The normalized spacial score (nSPS) is 10.1. The standard InChI is InChI=1S/C14H12BrN3O4/c15-12-7-10(14(19)17-16)3-6-13(12)22-8-9-1-4-11(5-2-9)18(20)21/h1-7H,8,16H2,(H,17,19). The highest BCUT2D eigenvalue weighted by Crippen LogP contribution is 2.27. The van der Waals surface area contributed by atoms with E-state index in [1.54, 1.807) is 30.3 Å². The van der Waals surface area contributed by atoms with E-state index in [-0.39, 0.29) is 12.3 Å². The highest BCUT2D eigenvalue weighted by Gasteiger charge is 2.09. The number of hydrogen-bond donors (Lipinski definition) is 2. The van der Waals surface area contributed by atoms with Gasteiger partial charge in [-0.2, -0.15) is 0 Å². The van der Waals surface area contributed by atoms with Crippen LogP contribution in [0.2, 0.25) is 0 Å². The third-order valence-corrected chi connectivity index (χ3v) is 3.49. The van der Waals surface area contributed by atoms with Crippen molar-refractivity contribution >= 4 is 27.5 Å². The Bertz CT molecular complexity index is 704. The number of carbonyl (C=O) groups excluding carboxylic acids is 1. The fraction of sp³-hybridized carbons (Fsp3) is 0.0714. The van der Waals surface area contributed by atoms with Gasteiger partial charge in [0.05, 0.1) is 9.40 Å². The van der Waals surface area contributed by atoms with Crippen LogP contribution in [0.3, 0.4) is 0 Å². The minimum Gasteiger partial charge on any atom is -0.488 e. The molecule has 0 aliphatic carbocycles. The van der Waals surface area contributed by atoms with Crippen LogP contribution in [0.15, 0.2) is 46.9 Å². The molecular weight excluding hydrogens is 354 g/mol. The molecule has 0 fully saturated rings. The van der Waals surface area contributed by atoms with Crippen molar-refractivity contribution < 1.29 is 14.5 Å². The summed E-state index contributed by atoms with van der Waals surface area (Å²) >= 11 is 3.31. The zero-order chi connectivity index (χ0) is 16.1. The van der Waals surface area contributed by atoms with Crippen LogP contribution < -0.4 is 16.0 Å². The first-order valence-electron chi connectivity index (χ1n) is 6.18. The first kappa shape index (κ1) is 15.9. The molecule has 0 aliphatic rings. The lowest BCUT2D eigenvalue weighted by Gasteiger charge is -2.09. The zero-order valence-electron chi connectivity index (χ0n) is 11.3. The molecule has 1 amide bonds. The summed E-state index contributed by atoms with van der Waals surface area (Å²) in [4.78, 5) is 21.5. The topological polar surface area (TPSA) is 107 Å². The fourth-order valence-electron chi connectivity index (χ4n) is 1.72. The molecule has 0 saturated carbocycles. The largest absolute Gasteiger partial charge is 0.488 e. The number of amides is 1. The van der Waals surface area contributed by atoms with E-state index in [1.807, 2.05) is 5.43 Å². The van der Waals surface area contributed by atoms with Gasteiger partial charge in [-0.25, -0.2) is 5.84 Å². The van der Waals surface area contributed by atoms with Crippen LogP contribution in [-0.4, -0.2) is 10.8 Å². The summed E-state index contributed by atoms with van der Waals surface area (Å²) in [5.41, 5.74) is 3.27. The summed E-state index contributed by atoms with van der Waals surface area (Å²) in [7, 11) is 0. The van der Waals surface area contributed by atoms with E-state index < -0.39 is 10.8 Å². The molecule has 0 atom stereocenters. The molecule has 22 heavy (non-hydrogen) atoms. The van der Waals surface area contributed by atoms with Crippen LogP contribution in [-0.2, 0) is 6.61 Å². The summed E-state index contributed by atoms with van der Waals surface area (Å²) in [6.07, 6.45) is 0. The van der Waals surface area contributed by atoms with Gasteiger partial charge in [-0.3, -0.25) is 20.3 Å². The molecule has 2 rings (SSSR count). The molecule has 2 aromatic rings. The first-order chi connectivity index (χ1) is 10.5. The molecule has 0 aromatic heterocycles. The van der Waals surface area contributed by atoms with E-state index in [9.17, 15) is 14.9 Å². The van der Waals surface area contributed by atoms with Crippen molar-refractivity contribution in [2.45, 2.75) is 6.61 Å². The summed E-state index contributed by atoms with van der Waals surface area (Å²) in [5, 5.41) is 10.6. The van der Waals surface area contributed by atoms with E-state index in [1.165, 1.54) is 12.1 Å². The van der Waals surface area contributed by atoms with Crippen LogP contribution in [0.25, 0.3) is 0 Å². The highest BCUT2D eigenvalue weighted by molar-refractivity contribution is 9.10. The Labute approximate surface area is 134 Å². The Hall–Kier alpha value is -2.45. The van der Waals surface area contributed by atoms with Gasteiger partial charge in [0.15, 0.2) is 0 Å². The number of non-ortho nitro benzene ring substituents is 1. The summed E-state index contributed by atoms with van der Waals surface area (Å²) < 4.78 is 6.22. The van der Waals surface area contributed by atoms with Gasteiger partial charge in [-0.15, -0.1) is 0 Å². The van der Waals surface area contributed by atoms with Gasteiger partial charge in [0, 0.05) is 17.7 Å². The number of rotatable bonds is 5. The van der Waals surface area contributed by atoms with Crippen molar-refractivity contribution in [1.29, 1.82) is 0 Å². The number of hydrogen-bond acceptors (Lipinski definition) is 5. The average Bonchev–Trinajstić information content (AvgIpc) is 2.53. The van der Waals surface area contributed by atoms with Crippen LogP contribution in [0.5, 0.6) is 5.75 Å². The van der Waals surface area contributed by atoms with Crippen molar-refractivity contribution in [1.82, 2.24) is 5.43 Å². The van der Waals surface area contributed by atoms with E-state index in [0.29, 0.717) is 15.8 Å². The smallest absolute Gasteiger partial charge is 0.269 e. The van der Waals surface area contributed by atoms with Crippen LogP contribution in [0.1, 0.15) is 15.9 Å². The van der Waals surface area contributed by atoms with Crippen molar-refractivity contribution in [3.8, 4) is 5.75 Å². The van der Waals surface area contributed by atoms with Gasteiger partial charge in [0.1, 0.15) is 12.4 Å². The molecule has 114 valence electrons. The molecule has 0 heterocycles. The fourth-order valence-corrected chi connectivity index (χ4v) is 2.21. The number of carbonyl (C=O) groups is 1. The SMILES string of the molecule is NNC(=O)c1ccc(OCc2ccc([N+](=O)[O-])cc2)c(Br)c1. The zero-order valence-corrected chi connectivity index (χ0v) is 12.9. The summed E-state index contributed by atoms with van der Waals surface area (Å²) in [6, 6.07) is 10.9.